The van der Waals surface area contributed by atoms with Crippen LogP contribution in [0.2, 0.25) is 10.0 Å². The molecule has 0 heterocycles. The number of hydrogen-bond acceptors (Lipinski definition) is 1. The minimum absolute atomic E-state index is 0.650. The molecule has 2 aliphatic carbocycles. The Kier molecular flexibility index (Phi) is 3.83. The van der Waals surface area contributed by atoms with Gasteiger partial charge in [0.15, 0.2) is 0 Å². The van der Waals surface area contributed by atoms with E-state index in [1.54, 1.807) is 0 Å². The minimum Gasteiger partial charge on any atom is -0.312 e. The highest BCUT2D eigenvalue weighted by Crippen LogP contribution is 2.48. The van der Waals surface area contributed by atoms with Crippen LogP contribution < -0.4 is 5.32 Å². The van der Waals surface area contributed by atoms with E-state index in [1.165, 1.54) is 25.7 Å². The molecule has 0 aromatic heterocycles. The van der Waals surface area contributed by atoms with Crippen molar-refractivity contribution in [2.24, 2.45) is 17.8 Å². The van der Waals surface area contributed by atoms with Crippen LogP contribution in [0.4, 0.5) is 0 Å². The van der Waals surface area contributed by atoms with Crippen LogP contribution in [-0.2, 0) is 6.54 Å². The largest absolute Gasteiger partial charge is 0.312 e. The third-order valence-electron chi connectivity index (χ3n) is 4.18. The smallest absolute Gasteiger partial charge is 0.0637 e. The molecule has 1 aromatic rings. The van der Waals surface area contributed by atoms with Crippen LogP contribution in [0, 0.1) is 17.8 Å². The summed E-state index contributed by atoms with van der Waals surface area (Å²) in [6.45, 7) is 1.97. The SMILES string of the molecule is Clc1cccc(CNCC(C2CC2)C2CC2)c1Cl. The molecule has 3 heteroatoms. The molecule has 0 spiro atoms. The summed E-state index contributed by atoms with van der Waals surface area (Å²) in [4.78, 5) is 0. The number of hydrogen-bond donors (Lipinski definition) is 1. The maximum Gasteiger partial charge on any atom is 0.0637 e. The van der Waals surface area contributed by atoms with E-state index in [4.69, 9.17) is 23.2 Å². The van der Waals surface area contributed by atoms with E-state index in [1.807, 2.05) is 18.2 Å². The number of halogens is 2. The van der Waals surface area contributed by atoms with Crippen molar-refractivity contribution in [2.45, 2.75) is 32.2 Å². The predicted molar refractivity (Wildman–Crippen MR) is 77.1 cm³/mol. The summed E-state index contributed by atoms with van der Waals surface area (Å²) in [7, 11) is 0. The van der Waals surface area contributed by atoms with E-state index >= 15 is 0 Å². The Balaban J connectivity index is 1.52. The van der Waals surface area contributed by atoms with E-state index in [0.717, 1.165) is 36.4 Å². The number of nitrogens with one attached hydrogen (secondary N) is 1. The molecule has 0 saturated heterocycles. The van der Waals surface area contributed by atoms with Crippen molar-refractivity contribution in [1.82, 2.24) is 5.32 Å². The summed E-state index contributed by atoms with van der Waals surface area (Å²) in [6, 6.07) is 5.85. The van der Waals surface area contributed by atoms with Gasteiger partial charge in [-0.25, -0.2) is 0 Å². The quantitative estimate of drug-likeness (QED) is 0.810. The highest BCUT2D eigenvalue weighted by Gasteiger charge is 2.40. The Hall–Kier alpha value is -0.240. The number of benzene rings is 1. The second-order valence-electron chi connectivity index (χ2n) is 5.68. The first kappa shape index (κ1) is 12.8. The van der Waals surface area contributed by atoms with Crippen LogP contribution in [-0.4, -0.2) is 6.54 Å². The lowest BCUT2D eigenvalue weighted by atomic mass is 9.98. The Morgan fingerprint density at radius 2 is 1.78 bits per heavy atom. The van der Waals surface area contributed by atoms with Crippen molar-refractivity contribution in [3.63, 3.8) is 0 Å². The van der Waals surface area contributed by atoms with E-state index in [9.17, 15) is 0 Å². The highest BCUT2D eigenvalue weighted by atomic mass is 35.5. The van der Waals surface area contributed by atoms with Crippen molar-refractivity contribution in [1.29, 1.82) is 0 Å². The first-order valence-corrected chi connectivity index (χ1v) is 7.65. The first-order chi connectivity index (χ1) is 8.75. The van der Waals surface area contributed by atoms with E-state index in [-0.39, 0.29) is 0 Å². The molecule has 1 aromatic carbocycles. The molecule has 3 rings (SSSR count). The Labute approximate surface area is 119 Å². The van der Waals surface area contributed by atoms with Gasteiger partial charge in [-0.3, -0.25) is 0 Å². The summed E-state index contributed by atoms with van der Waals surface area (Å²) in [6.07, 6.45) is 5.78. The summed E-state index contributed by atoms with van der Waals surface area (Å²) >= 11 is 12.2. The maximum absolute atomic E-state index is 6.19. The molecule has 18 heavy (non-hydrogen) atoms. The van der Waals surface area contributed by atoms with E-state index in [0.29, 0.717) is 10.0 Å². The molecule has 0 aliphatic heterocycles. The Morgan fingerprint density at radius 3 is 2.39 bits per heavy atom. The van der Waals surface area contributed by atoms with Crippen LogP contribution >= 0.6 is 23.2 Å². The molecule has 0 atom stereocenters. The second kappa shape index (κ2) is 5.40. The fraction of sp³-hybridized carbons (Fsp3) is 0.600. The van der Waals surface area contributed by atoms with Crippen LogP contribution in [0.5, 0.6) is 0 Å². The molecule has 1 nitrogen and oxygen atoms in total. The van der Waals surface area contributed by atoms with Crippen molar-refractivity contribution in [3.8, 4) is 0 Å². The Morgan fingerprint density at radius 1 is 1.11 bits per heavy atom. The zero-order valence-electron chi connectivity index (χ0n) is 10.5. The highest BCUT2D eigenvalue weighted by molar-refractivity contribution is 6.42. The van der Waals surface area contributed by atoms with Crippen molar-refractivity contribution < 1.29 is 0 Å². The fourth-order valence-electron chi connectivity index (χ4n) is 2.83. The van der Waals surface area contributed by atoms with Gasteiger partial charge in [0, 0.05) is 6.54 Å². The predicted octanol–water partition coefficient (Wildman–Crippen LogP) is 4.52. The van der Waals surface area contributed by atoms with Crippen LogP contribution in [0.1, 0.15) is 31.2 Å². The third kappa shape index (κ3) is 3.01. The fourth-order valence-corrected chi connectivity index (χ4v) is 3.21. The van der Waals surface area contributed by atoms with Gasteiger partial charge in [0.2, 0.25) is 0 Å². The number of rotatable bonds is 6. The average molecular weight is 284 g/mol. The lowest BCUT2D eigenvalue weighted by Gasteiger charge is -2.16. The lowest BCUT2D eigenvalue weighted by molar-refractivity contribution is 0.378. The van der Waals surface area contributed by atoms with Crippen LogP contribution in [0.15, 0.2) is 18.2 Å². The van der Waals surface area contributed by atoms with Gasteiger partial charge in [-0.1, -0.05) is 35.3 Å². The zero-order valence-corrected chi connectivity index (χ0v) is 12.0. The van der Waals surface area contributed by atoms with Crippen molar-refractivity contribution >= 4 is 23.2 Å². The first-order valence-electron chi connectivity index (χ1n) is 6.89. The molecule has 0 bridgehead atoms. The van der Waals surface area contributed by atoms with E-state index in [2.05, 4.69) is 5.32 Å². The molecule has 0 radical (unpaired) electrons. The monoisotopic (exact) mass is 283 g/mol. The lowest BCUT2D eigenvalue weighted by Crippen LogP contribution is -2.25. The molecule has 1 N–H and O–H groups in total. The van der Waals surface area contributed by atoms with Gasteiger partial charge in [0.25, 0.3) is 0 Å². The standard InChI is InChI=1S/C15H19Cl2N/c16-14-3-1-2-12(15(14)17)8-18-9-13(10-4-5-10)11-6-7-11/h1-3,10-11,13,18H,4-9H2. The van der Waals surface area contributed by atoms with Gasteiger partial charge in [-0.05, 0) is 61.6 Å². The van der Waals surface area contributed by atoms with Crippen molar-refractivity contribution in [2.75, 3.05) is 6.54 Å². The minimum atomic E-state index is 0.650. The van der Waals surface area contributed by atoms with Crippen LogP contribution in [0.25, 0.3) is 0 Å². The summed E-state index contributed by atoms with van der Waals surface area (Å²) in [5.74, 6) is 2.91. The zero-order chi connectivity index (χ0) is 12.5. The molecule has 2 fully saturated rings. The molecule has 0 unspecified atom stereocenters. The van der Waals surface area contributed by atoms with Gasteiger partial charge >= 0.3 is 0 Å². The van der Waals surface area contributed by atoms with Gasteiger partial charge in [-0.2, -0.15) is 0 Å². The van der Waals surface area contributed by atoms with Gasteiger partial charge < -0.3 is 5.32 Å². The molecule has 2 saturated carbocycles. The van der Waals surface area contributed by atoms with Gasteiger partial charge in [-0.15, -0.1) is 0 Å². The molecular weight excluding hydrogens is 265 g/mol. The second-order valence-corrected chi connectivity index (χ2v) is 6.47. The Bertz CT molecular complexity index is 413. The molecule has 0 amide bonds. The third-order valence-corrected chi connectivity index (χ3v) is 5.04. The topological polar surface area (TPSA) is 12.0 Å². The van der Waals surface area contributed by atoms with E-state index < -0.39 is 0 Å². The van der Waals surface area contributed by atoms with Gasteiger partial charge in [0.1, 0.15) is 0 Å². The summed E-state index contributed by atoms with van der Waals surface area (Å²) in [5.41, 5.74) is 1.11. The summed E-state index contributed by atoms with van der Waals surface area (Å²) < 4.78 is 0. The molecule has 2 aliphatic rings. The van der Waals surface area contributed by atoms with Crippen LogP contribution in [0.3, 0.4) is 0 Å². The van der Waals surface area contributed by atoms with Crippen molar-refractivity contribution in [3.05, 3.63) is 33.8 Å². The molecule has 98 valence electrons. The molecular formula is C15H19Cl2N. The average Bonchev–Trinajstić information content (AvgIpc) is 3.23. The maximum atomic E-state index is 6.19. The van der Waals surface area contributed by atoms with Gasteiger partial charge in [0.05, 0.1) is 10.0 Å². The normalized spacial score (nSPS) is 19.5. The summed E-state index contributed by atoms with van der Waals surface area (Å²) in [5, 5.41) is 4.91.